The fourth-order valence-corrected chi connectivity index (χ4v) is 4.80. The van der Waals surface area contributed by atoms with Crippen molar-refractivity contribution in [1.29, 1.82) is 0 Å². The van der Waals surface area contributed by atoms with Crippen LogP contribution in [0.15, 0.2) is 146 Å². The van der Waals surface area contributed by atoms with E-state index in [9.17, 15) is 0 Å². The molecular weight excluding hydrogens is 408 g/mol. The molecule has 34 heavy (non-hydrogen) atoms. The van der Waals surface area contributed by atoms with Crippen LogP contribution >= 0.6 is 0 Å². The zero-order valence-electron chi connectivity index (χ0n) is 18.9. The molecule has 160 valence electrons. The normalized spacial score (nSPS) is 10.9. The van der Waals surface area contributed by atoms with Gasteiger partial charge < -0.3 is 0 Å². The molecule has 0 aliphatic rings. The third-order valence-corrected chi connectivity index (χ3v) is 6.47. The predicted molar refractivity (Wildman–Crippen MR) is 146 cm³/mol. The van der Waals surface area contributed by atoms with Gasteiger partial charge in [0.25, 0.3) is 0 Å². The molecule has 0 unspecified atom stereocenters. The van der Waals surface area contributed by atoms with Crippen LogP contribution in [0.4, 0.5) is 0 Å². The van der Waals surface area contributed by atoms with E-state index in [1.54, 1.807) is 0 Å². The Bertz CT molecular complexity index is 1510. The molecule has 0 radical (unpaired) electrons. The van der Waals surface area contributed by atoms with Crippen molar-refractivity contribution in [2.75, 3.05) is 0 Å². The van der Waals surface area contributed by atoms with Gasteiger partial charge in [-0.3, -0.25) is 0 Å². The van der Waals surface area contributed by atoms with Crippen LogP contribution in [-0.4, -0.2) is 0 Å². The van der Waals surface area contributed by atoms with Crippen LogP contribution in [0.1, 0.15) is 0 Å². The van der Waals surface area contributed by atoms with Crippen molar-refractivity contribution in [3.05, 3.63) is 146 Å². The molecule has 6 rings (SSSR count). The molecule has 0 saturated carbocycles. The summed E-state index contributed by atoms with van der Waals surface area (Å²) in [4.78, 5) is 0. The van der Waals surface area contributed by atoms with E-state index >= 15 is 0 Å². The lowest BCUT2D eigenvalue weighted by molar-refractivity contribution is 1.57. The third kappa shape index (κ3) is 3.80. The molecule has 0 nitrogen and oxygen atoms in total. The summed E-state index contributed by atoms with van der Waals surface area (Å²) in [6.45, 7) is 0. The smallest absolute Gasteiger partial charge is 0.00992 e. The fourth-order valence-electron chi connectivity index (χ4n) is 4.80. The molecule has 6 aromatic rings. The van der Waals surface area contributed by atoms with E-state index in [0.717, 1.165) is 0 Å². The molecule has 0 N–H and O–H groups in total. The van der Waals surface area contributed by atoms with Gasteiger partial charge in [0, 0.05) is 0 Å². The summed E-state index contributed by atoms with van der Waals surface area (Å²) >= 11 is 0. The highest BCUT2D eigenvalue weighted by Gasteiger charge is 2.12. The van der Waals surface area contributed by atoms with E-state index in [4.69, 9.17) is 0 Å². The minimum absolute atomic E-state index is 1.23. The first-order valence-electron chi connectivity index (χ1n) is 11.7. The van der Waals surface area contributed by atoms with Crippen molar-refractivity contribution < 1.29 is 0 Å². The maximum Gasteiger partial charge on any atom is -0.00992 e. The first kappa shape index (κ1) is 20.2. The van der Waals surface area contributed by atoms with Gasteiger partial charge in [0.1, 0.15) is 0 Å². The Balaban J connectivity index is 1.60. The Labute approximate surface area is 200 Å². The van der Waals surface area contributed by atoms with E-state index < -0.39 is 0 Å². The molecule has 0 heterocycles. The minimum Gasteiger partial charge on any atom is -0.0622 e. The van der Waals surface area contributed by atoms with Gasteiger partial charge in [-0.05, 0) is 73.5 Å². The number of hydrogen-bond acceptors (Lipinski definition) is 0. The SMILES string of the molecule is c1ccc(-c2cc(-c3ccccc3)cc(-c3ccc(-c4ccccc4)c4ccccc34)c2)cc1. The molecule has 0 bridgehead atoms. The average molecular weight is 433 g/mol. The predicted octanol–water partition coefficient (Wildman–Crippen LogP) is 9.51. The minimum atomic E-state index is 1.23. The number of rotatable bonds is 4. The van der Waals surface area contributed by atoms with Gasteiger partial charge in [-0.15, -0.1) is 0 Å². The van der Waals surface area contributed by atoms with Gasteiger partial charge in [0.2, 0.25) is 0 Å². The summed E-state index contributed by atoms with van der Waals surface area (Å²) in [6.07, 6.45) is 0. The second kappa shape index (κ2) is 8.84. The topological polar surface area (TPSA) is 0 Å². The van der Waals surface area contributed by atoms with Crippen LogP contribution in [0, 0.1) is 0 Å². The molecule has 6 aromatic carbocycles. The Morgan fingerprint density at radius 2 is 0.588 bits per heavy atom. The summed E-state index contributed by atoms with van der Waals surface area (Å²) in [6, 6.07) is 52.2. The lowest BCUT2D eigenvalue weighted by atomic mass is 9.89. The second-order valence-electron chi connectivity index (χ2n) is 8.60. The van der Waals surface area contributed by atoms with Crippen LogP contribution in [0.3, 0.4) is 0 Å². The van der Waals surface area contributed by atoms with Crippen LogP contribution in [0.2, 0.25) is 0 Å². The maximum absolute atomic E-state index is 2.33. The lowest BCUT2D eigenvalue weighted by Crippen LogP contribution is -1.89. The highest BCUT2D eigenvalue weighted by atomic mass is 14.2. The van der Waals surface area contributed by atoms with Crippen molar-refractivity contribution in [3.8, 4) is 44.5 Å². The molecule has 0 spiro atoms. The Hall–Kier alpha value is -4.42. The van der Waals surface area contributed by atoms with E-state index in [1.165, 1.54) is 55.3 Å². The first-order valence-corrected chi connectivity index (χ1v) is 11.7. The summed E-state index contributed by atoms with van der Waals surface area (Å²) in [5, 5.41) is 2.55. The summed E-state index contributed by atoms with van der Waals surface area (Å²) < 4.78 is 0. The van der Waals surface area contributed by atoms with Crippen molar-refractivity contribution in [2.24, 2.45) is 0 Å². The molecule has 0 amide bonds. The fraction of sp³-hybridized carbons (Fsp3) is 0. The number of hydrogen-bond donors (Lipinski definition) is 0. The Morgan fingerprint density at radius 1 is 0.235 bits per heavy atom. The van der Waals surface area contributed by atoms with E-state index in [0.29, 0.717) is 0 Å². The average Bonchev–Trinajstić information content (AvgIpc) is 2.93. The second-order valence-corrected chi connectivity index (χ2v) is 8.60. The van der Waals surface area contributed by atoms with Crippen LogP contribution in [0.25, 0.3) is 55.3 Å². The van der Waals surface area contributed by atoms with Gasteiger partial charge in [-0.2, -0.15) is 0 Å². The summed E-state index contributed by atoms with van der Waals surface area (Å²) in [5.41, 5.74) is 9.91. The Morgan fingerprint density at radius 3 is 1.06 bits per heavy atom. The van der Waals surface area contributed by atoms with Gasteiger partial charge in [0.15, 0.2) is 0 Å². The largest absolute Gasteiger partial charge is 0.0622 e. The standard InChI is InChI=1S/C34H24/c1-4-12-25(13-5-1)28-22-29(26-14-6-2-7-15-26)24-30(23-28)32-21-20-31(27-16-8-3-9-17-27)33-18-10-11-19-34(32)33/h1-24H. The summed E-state index contributed by atoms with van der Waals surface area (Å²) in [7, 11) is 0. The van der Waals surface area contributed by atoms with Crippen molar-refractivity contribution in [2.45, 2.75) is 0 Å². The van der Waals surface area contributed by atoms with Gasteiger partial charge in [-0.1, -0.05) is 127 Å². The van der Waals surface area contributed by atoms with Gasteiger partial charge in [-0.25, -0.2) is 0 Å². The highest BCUT2D eigenvalue weighted by Crippen LogP contribution is 2.39. The van der Waals surface area contributed by atoms with Crippen LogP contribution in [-0.2, 0) is 0 Å². The Kier molecular flexibility index (Phi) is 5.26. The van der Waals surface area contributed by atoms with E-state index in [2.05, 4.69) is 146 Å². The zero-order chi connectivity index (χ0) is 22.7. The van der Waals surface area contributed by atoms with Crippen LogP contribution < -0.4 is 0 Å². The summed E-state index contributed by atoms with van der Waals surface area (Å²) in [5.74, 6) is 0. The molecule has 0 fully saturated rings. The van der Waals surface area contributed by atoms with Crippen molar-refractivity contribution in [1.82, 2.24) is 0 Å². The van der Waals surface area contributed by atoms with Gasteiger partial charge in [0.05, 0.1) is 0 Å². The molecule has 0 atom stereocenters. The molecule has 0 saturated heterocycles. The van der Waals surface area contributed by atoms with E-state index in [-0.39, 0.29) is 0 Å². The van der Waals surface area contributed by atoms with Gasteiger partial charge >= 0.3 is 0 Å². The molecule has 0 aromatic heterocycles. The molecular formula is C34H24. The quantitative estimate of drug-likeness (QED) is 0.260. The number of fused-ring (bicyclic) bond motifs is 1. The van der Waals surface area contributed by atoms with Crippen molar-refractivity contribution >= 4 is 10.8 Å². The lowest BCUT2D eigenvalue weighted by Gasteiger charge is -2.15. The highest BCUT2D eigenvalue weighted by molar-refractivity contribution is 6.05. The monoisotopic (exact) mass is 432 g/mol. The molecule has 0 aliphatic heterocycles. The molecule has 0 heteroatoms. The first-order chi connectivity index (χ1) is 16.9. The van der Waals surface area contributed by atoms with Crippen LogP contribution in [0.5, 0.6) is 0 Å². The zero-order valence-corrected chi connectivity index (χ0v) is 18.9. The van der Waals surface area contributed by atoms with E-state index in [1.807, 2.05) is 0 Å². The molecule has 0 aliphatic carbocycles. The van der Waals surface area contributed by atoms with Crippen molar-refractivity contribution in [3.63, 3.8) is 0 Å². The third-order valence-electron chi connectivity index (χ3n) is 6.47. The maximum atomic E-state index is 2.33. The number of benzene rings is 6.